The van der Waals surface area contributed by atoms with E-state index in [0.29, 0.717) is 6.42 Å². The van der Waals surface area contributed by atoms with Crippen LogP contribution in [0.15, 0.2) is 30.6 Å². The first-order chi connectivity index (χ1) is 11.7. The number of H-pyrrole nitrogens is 1. The van der Waals surface area contributed by atoms with Gasteiger partial charge in [0, 0.05) is 38.0 Å². The lowest BCUT2D eigenvalue weighted by Crippen LogP contribution is -2.97. The second-order valence-corrected chi connectivity index (χ2v) is 6.81. The number of aromatic nitrogens is 2. The average molecular weight is 329 g/mol. The molecule has 0 saturated carbocycles. The summed E-state index contributed by atoms with van der Waals surface area (Å²) in [4.78, 5) is 22.3. The third-order valence-corrected chi connectivity index (χ3v) is 5.40. The molecule has 1 aromatic heterocycles. The van der Waals surface area contributed by atoms with Crippen molar-refractivity contribution in [2.24, 2.45) is 0 Å². The van der Waals surface area contributed by atoms with Crippen LogP contribution in [-0.4, -0.2) is 40.4 Å². The predicted molar refractivity (Wildman–Crippen MR) is 86.7 cm³/mol. The molecule has 0 bridgehead atoms. The molecule has 3 heterocycles. The molecular formula is C18H22FN4O+. The van der Waals surface area contributed by atoms with Gasteiger partial charge in [-0.05, 0) is 17.7 Å². The number of amides is 1. The number of nitrogens with zero attached hydrogens (tertiary/aromatic N) is 2. The molecule has 1 fully saturated rings. The highest BCUT2D eigenvalue weighted by molar-refractivity contribution is 5.78. The highest BCUT2D eigenvalue weighted by atomic mass is 19.1. The monoisotopic (exact) mass is 329 g/mol. The summed E-state index contributed by atoms with van der Waals surface area (Å²) in [6.45, 7) is 2.57. The molecule has 5 nitrogen and oxygen atoms in total. The Balaban J connectivity index is 1.41. The first-order valence-electron chi connectivity index (χ1n) is 8.56. The number of imidazole rings is 1. The molecule has 1 saturated heterocycles. The molecule has 2 aromatic rings. The number of hydrogen-bond donors (Lipinski definition) is 2. The molecule has 2 aliphatic rings. The number of carbonyl (C=O) groups is 1. The molecule has 6 heteroatoms. The Morgan fingerprint density at radius 1 is 1.29 bits per heavy atom. The Kier molecular flexibility index (Phi) is 3.84. The topological polar surface area (TPSA) is 65.6 Å². The maximum atomic E-state index is 13.0. The number of quaternary nitrogens is 1. The fourth-order valence-corrected chi connectivity index (χ4v) is 4.01. The summed E-state index contributed by atoms with van der Waals surface area (Å²) in [5.41, 5.74) is 3.32. The zero-order chi connectivity index (χ0) is 16.6. The van der Waals surface area contributed by atoms with E-state index in [9.17, 15) is 9.18 Å². The summed E-state index contributed by atoms with van der Waals surface area (Å²) in [5.74, 6) is -0.150. The average Bonchev–Trinajstić information content (AvgIpc) is 3.08. The van der Waals surface area contributed by atoms with E-state index in [1.807, 2.05) is 4.90 Å². The largest absolute Gasteiger partial charge is 0.348 e. The molecular weight excluding hydrogens is 307 g/mol. The summed E-state index contributed by atoms with van der Waals surface area (Å²) < 4.78 is 13.0. The number of likely N-dealkylation sites (tertiary alicyclic amines) is 1. The lowest BCUT2D eigenvalue weighted by Gasteiger charge is -2.41. The number of carbonyl (C=O) groups excluding carboxylic acids is 1. The normalized spacial score (nSPS) is 19.3. The van der Waals surface area contributed by atoms with Crippen molar-refractivity contribution >= 4 is 5.91 Å². The zero-order valence-corrected chi connectivity index (χ0v) is 13.6. The highest BCUT2D eigenvalue weighted by Gasteiger charge is 2.45. The van der Waals surface area contributed by atoms with E-state index in [1.165, 1.54) is 23.5 Å². The second kappa shape index (κ2) is 6.02. The second-order valence-electron chi connectivity index (χ2n) is 6.81. The van der Waals surface area contributed by atoms with Crippen molar-refractivity contribution in [2.75, 3.05) is 19.6 Å². The Hall–Kier alpha value is -2.21. The summed E-state index contributed by atoms with van der Waals surface area (Å²) >= 11 is 0. The first kappa shape index (κ1) is 15.3. The van der Waals surface area contributed by atoms with Crippen LogP contribution in [0.5, 0.6) is 0 Å². The fraction of sp³-hybridized carbons (Fsp3) is 0.444. The molecule has 0 unspecified atom stereocenters. The minimum atomic E-state index is -0.270. The third-order valence-electron chi connectivity index (χ3n) is 5.40. The number of halogens is 1. The Morgan fingerprint density at radius 3 is 2.79 bits per heavy atom. The van der Waals surface area contributed by atoms with Gasteiger partial charge in [-0.1, -0.05) is 12.1 Å². The van der Waals surface area contributed by atoms with Crippen molar-refractivity contribution in [1.29, 1.82) is 0 Å². The van der Waals surface area contributed by atoms with E-state index in [0.717, 1.165) is 44.5 Å². The molecule has 1 amide bonds. The number of aromatic amines is 1. The highest BCUT2D eigenvalue weighted by Crippen LogP contribution is 2.31. The molecule has 126 valence electrons. The minimum absolute atomic E-state index is 0.0280. The maximum absolute atomic E-state index is 13.0. The van der Waals surface area contributed by atoms with E-state index < -0.39 is 0 Å². The molecule has 4 rings (SSSR count). The molecule has 0 radical (unpaired) electrons. The Bertz CT molecular complexity index is 732. The fourth-order valence-electron chi connectivity index (χ4n) is 4.01. The summed E-state index contributed by atoms with van der Waals surface area (Å²) in [7, 11) is 0. The van der Waals surface area contributed by atoms with E-state index in [1.54, 1.807) is 18.5 Å². The van der Waals surface area contributed by atoms with Gasteiger partial charge in [0.1, 0.15) is 17.1 Å². The van der Waals surface area contributed by atoms with Crippen LogP contribution in [0.2, 0.25) is 0 Å². The minimum Gasteiger partial charge on any atom is -0.348 e. The van der Waals surface area contributed by atoms with Gasteiger partial charge in [-0.3, -0.25) is 4.79 Å². The van der Waals surface area contributed by atoms with Crippen LogP contribution in [0.3, 0.4) is 0 Å². The Morgan fingerprint density at radius 2 is 2.04 bits per heavy atom. The van der Waals surface area contributed by atoms with Crippen molar-refractivity contribution < 1.29 is 14.5 Å². The number of nitrogens with one attached hydrogen (secondary N) is 1. The summed E-state index contributed by atoms with van der Waals surface area (Å²) in [6, 6.07) is 6.18. The molecule has 0 aliphatic carbocycles. The number of rotatable bonds is 2. The molecule has 1 aromatic carbocycles. The van der Waals surface area contributed by atoms with Gasteiger partial charge < -0.3 is 15.2 Å². The van der Waals surface area contributed by atoms with Crippen LogP contribution < -0.4 is 5.32 Å². The van der Waals surface area contributed by atoms with Crippen LogP contribution in [0.25, 0.3) is 0 Å². The van der Waals surface area contributed by atoms with Crippen molar-refractivity contribution in [3.8, 4) is 0 Å². The standard InChI is InChI=1S/C18H21FN4O/c19-14-3-1-13(2-4-14)11-16(24)23-9-6-18(7-10-23)17-15(5-8-22-18)20-12-21-17/h1-4,12,22H,5-11H2,(H,20,21)/p+1. The van der Waals surface area contributed by atoms with Crippen LogP contribution >= 0.6 is 0 Å². The van der Waals surface area contributed by atoms with Crippen LogP contribution in [0.4, 0.5) is 4.39 Å². The Labute approximate surface area is 140 Å². The maximum Gasteiger partial charge on any atom is 0.226 e. The molecule has 0 atom stereocenters. The SMILES string of the molecule is O=C(Cc1ccc(F)cc1)N1CCC2(CC1)[NH2+]CCc1[nH]cnc12. The predicted octanol–water partition coefficient (Wildman–Crippen LogP) is 0.729. The van der Waals surface area contributed by atoms with Gasteiger partial charge in [0.15, 0.2) is 0 Å². The molecule has 2 aliphatic heterocycles. The van der Waals surface area contributed by atoms with Gasteiger partial charge in [0.25, 0.3) is 0 Å². The van der Waals surface area contributed by atoms with E-state index in [2.05, 4.69) is 15.3 Å². The smallest absolute Gasteiger partial charge is 0.226 e. The number of hydrogen-bond acceptors (Lipinski definition) is 2. The van der Waals surface area contributed by atoms with Gasteiger partial charge in [0.2, 0.25) is 5.91 Å². The van der Waals surface area contributed by atoms with Crippen molar-refractivity contribution in [3.05, 3.63) is 53.4 Å². The molecule has 3 N–H and O–H groups in total. The summed E-state index contributed by atoms with van der Waals surface area (Å²) in [5, 5.41) is 2.40. The number of piperidine rings is 1. The third kappa shape index (κ3) is 2.71. The van der Waals surface area contributed by atoms with E-state index >= 15 is 0 Å². The van der Waals surface area contributed by atoms with Crippen LogP contribution in [0.1, 0.15) is 29.8 Å². The van der Waals surface area contributed by atoms with E-state index in [4.69, 9.17) is 0 Å². The number of fused-ring (bicyclic) bond motifs is 2. The lowest BCUT2D eigenvalue weighted by atomic mass is 9.80. The molecule has 1 spiro atoms. The number of nitrogens with two attached hydrogens (primary N) is 1. The lowest BCUT2D eigenvalue weighted by molar-refractivity contribution is -0.743. The van der Waals surface area contributed by atoms with Crippen molar-refractivity contribution in [3.63, 3.8) is 0 Å². The van der Waals surface area contributed by atoms with Crippen molar-refractivity contribution in [2.45, 2.75) is 31.2 Å². The van der Waals surface area contributed by atoms with Gasteiger partial charge in [-0.2, -0.15) is 0 Å². The van der Waals surface area contributed by atoms with Crippen LogP contribution in [-0.2, 0) is 23.2 Å². The van der Waals surface area contributed by atoms with Gasteiger partial charge in [0.05, 0.1) is 19.3 Å². The summed E-state index contributed by atoms with van der Waals surface area (Å²) in [6.07, 6.45) is 5.02. The quantitative estimate of drug-likeness (QED) is 0.853. The van der Waals surface area contributed by atoms with Gasteiger partial charge in [-0.25, -0.2) is 9.37 Å². The van der Waals surface area contributed by atoms with Gasteiger partial charge >= 0.3 is 0 Å². The van der Waals surface area contributed by atoms with Crippen LogP contribution in [0, 0.1) is 5.82 Å². The number of benzene rings is 1. The first-order valence-corrected chi connectivity index (χ1v) is 8.56. The van der Waals surface area contributed by atoms with Crippen molar-refractivity contribution in [1.82, 2.24) is 14.9 Å². The zero-order valence-electron chi connectivity index (χ0n) is 13.6. The van der Waals surface area contributed by atoms with Gasteiger partial charge in [-0.15, -0.1) is 0 Å². The van der Waals surface area contributed by atoms with E-state index in [-0.39, 0.29) is 17.3 Å². The molecule has 24 heavy (non-hydrogen) atoms.